The van der Waals surface area contributed by atoms with Gasteiger partial charge < -0.3 is 16.6 Å². The summed E-state index contributed by atoms with van der Waals surface area (Å²) in [5.41, 5.74) is 14.1. The second kappa shape index (κ2) is 3.89. The van der Waals surface area contributed by atoms with Gasteiger partial charge in [-0.1, -0.05) is 0 Å². The lowest BCUT2D eigenvalue weighted by molar-refractivity contribution is 0.478. The fourth-order valence-corrected chi connectivity index (χ4v) is 2.69. The number of nitrogens with zero attached hydrogens (tertiary/aromatic N) is 1. The molecule has 0 spiro atoms. The molecule has 0 atom stereocenters. The molecule has 1 heterocycles. The van der Waals surface area contributed by atoms with Crippen LogP contribution in [0.25, 0.3) is 20.8 Å². The van der Waals surface area contributed by atoms with E-state index in [1.54, 1.807) is 23.5 Å². The molecule has 0 saturated carbocycles. The third-order valence-electron chi connectivity index (χ3n) is 2.69. The Kier molecular flexibility index (Phi) is 2.34. The topological polar surface area (TPSA) is 85.2 Å². The first-order chi connectivity index (χ1) is 8.63. The van der Waals surface area contributed by atoms with Crippen LogP contribution in [0.3, 0.4) is 0 Å². The summed E-state index contributed by atoms with van der Waals surface area (Å²) in [6, 6.07) is 10.8. The Bertz CT molecular complexity index is 736. The van der Waals surface area contributed by atoms with Gasteiger partial charge in [0.15, 0.2) is 0 Å². The van der Waals surface area contributed by atoms with Gasteiger partial charge in [0, 0.05) is 11.3 Å². The zero-order valence-electron chi connectivity index (χ0n) is 9.42. The molecular formula is C13H11N3OS. The molecule has 0 aliphatic carbocycles. The van der Waals surface area contributed by atoms with E-state index >= 15 is 0 Å². The van der Waals surface area contributed by atoms with Gasteiger partial charge in [-0.2, -0.15) is 0 Å². The summed E-state index contributed by atoms with van der Waals surface area (Å²) in [6.07, 6.45) is 0. The quantitative estimate of drug-likeness (QED) is 0.462. The Balaban J connectivity index is 2.16. The minimum absolute atomic E-state index is 0.0753. The molecule has 90 valence electrons. The number of anilines is 2. The summed E-state index contributed by atoms with van der Waals surface area (Å²) in [5.74, 6) is 0.0753. The number of nitrogens with two attached hydrogens (primary N) is 2. The highest BCUT2D eigenvalue weighted by molar-refractivity contribution is 7.21. The number of fused-ring (bicyclic) bond motifs is 1. The third-order valence-corrected chi connectivity index (χ3v) is 3.77. The van der Waals surface area contributed by atoms with Gasteiger partial charge in [-0.05, 0) is 36.4 Å². The highest BCUT2D eigenvalue weighted by atomic mass is 32.1. The van der Waals surface area contributed by atoms with E-state index in [9.17, 15) is 5.11 Å². The van der Waals surface area contributed by atoms with Crippen molar-refractivity contribution in [1.82, 2.24) is 4.98 Å². The zero-order chi connectivity index (χ0) is 12.7. The van der Waals surface area contributed by atoms with Crippen molar-refractivity contribution in [2.24, 2.45) is 0 Å². The number of phenols is 1. The summed E-state index contributed by atoms with van der Waals surface area (Å²) < 4.78 is 1.07. The maximum absolute atomic E-state index is 9.61. The highest BCUT2D eigenvalue weighted by Gasteiger charge is 2.08. The molecule has 0 bridgehead atoms. The van der Waals surface area contributed by atoms with Crippen molar-refractivity contribution in [3.8, 4) is 16.3 Å². The summed E-state index contributed by atoms with van der Waals surface area (Å²) in [7, 11) is 0. The Labute approximate surface area is 108 Å². The lowest BCUT2D eigenvalue weighted by atomic mass is 10.2. The number of hydrogen-bond acceptors (Lipinski definition) is 5. The molecule has 0 amide bonds. The zero-order valence-corrected chi connectivity index (χ0v) is 10.2. The third kappa shape index (κ3) is 1.74. The van der Waals surface area contributed by atoms with Crippen LogP contribution < -0.4 is 11.5 Å². The van der Waals surface area contributed by atoms with Gasteiger partial charge in [-0.25, -0.2) is 4.98 Å². The van der Waals surface area contributed by atoms with Crippen LogP contribution >= 0.6 is 11.3 Å². The molecule has 0 radical (unpaired) electrons. The molecule has 18 heavy (non-hydrogen) atoms. The van der Waals surface area contributed by atoms with Crippen molar-refractivity contribution in [2.45, 2.75) is 0 Å². The second-order valence-electron chi connectivity index (χ2n) is 4.02. The highest BCUT2D eigenvalue weighted by Crippen LogP contribution is 2.33. The number of hydrogen-bond donors (Lipinski definition) is 3. The smallest absolute Gasteiger partial charge is 0.139 e. The molecule has 3 aromatic rings. The number of aromatic nitrogens is 1. The monoisotopic (exact) mass is 257 g/mol. The number of benzene rings is 2. The normalized spacial score (nSPS) is 10.9. The first kappa shape index (κ1) is 10.9. The Morgan fingerprint density at radius 2 is 1.89 bits per heavy atom. The van der Waals surface area contributed by atoms with Gasteiger partial charge in [-0.15, -0.1) is 11.3 Å². The summed E-state index contributed by atoms with van der Waals surface area (Å²) >= 11 is 1.56. The first-order valence-corrected chi connectivity index (χ1v) is 6.20. The molecule has 3 rings (SSSR count). The summed E-state index contributed by atoms with van der Waals surface area (Å²) in [5, 5.41) is 10.5. The Hall–Kier alpha value is -2.27. The summed E-state index contributed by atoms with van der Waals surface area (Å²) in [4.78, 5) is 4.50. The predicted molar refractivity (Wildman–Crippen MR) is 75.5 cm³/mol. The maximum Gasteiger partial charge on any atom is 0.139 e. The van der Waals surface area contributed by atoms with Crippen molar-refractivity contribution < 1.29 is 5.11 Å². The molecule has 2 aromatic carbocycles. The van der Waals surface area contributed by atoms with Gasteiger partial charge in [0.05, 0.1) is 15.9 Å². The number of thiazole rings is 1. The van der Waals surface area contributed by atoms with E-state index in [0.29, 0.717) is 11.4 Å². The van der Waals surface area contributed by atoms with E-state index < -0.39 is 0 Å². The number of rotatable bonds is 1. The van der Waals surface area contributed by atoms with Gasteiger partial charge >= 0.3 is 0 Å². The minimum Gasteiger partial charge on any atom is -0.506 e. The largest absolute Gasteiger partial charge is 0.506 e. The molecule has 0 unspecified atom stereocenters. The van der Waals surface area contributed by atoms with E-state index in [0.717, 1.165) is 20.8 Å². The predicted octanol–water partition coefficient (Wildman–Crippen LogP) is 2.83. The van der Waals surface area contributed by atoms with Crippen LogP contribution in [0.5, 0.6) is 5.75 Å². The molecule has 0 aliphatic rings. The molecule has 0 aliphatic heterocycles. The van der Waals surface area contributed by atoms with Crippen molar-refractivity contribution in [3.05, 3.63) is 36.4 Å². The molecule has 4 nitrogen and oxygen atoms in total. The lowest BCUT2D eigenvalue weighted by Crippen LogP contribution is -1.85. The van der Waals surface area contributed by atoms with E-state index in [2.05, 4.69) is 4.98 Å². The fourth-order valence-electron chi connectivity index (χ4n) is 1.74. The van der Waals surface area contributed by atoms with Crippen molar-refractivity contribution in [2.75, 3.05) is 11.5 Å². The molecule has 0 saturated heterocycles. The molecule has 5 N–H and O–H groups in total. The average Bonchev–Trinajstić information content (AvgIpc) is 2.75. The standard InChI is InChI=1S/C13H11N3OS/c14-8-2-4-12-10(6-8)16-13(18-12)7-1-3-9(15)11(17)5-7/h1-6,17H,14-15H2. The van der Waals surface area contributed by atoms with Crippen LogP contribution in [-0.2, 0) is 0 Å². The van der Waals surface area contributed by atoms with Crippen LogP contribution in [0.15, 0.2) is 36.4 Å². The Morgan fingerprint density at radius 3 is 2.67 bits per heavy atom. The van der Waals surface area contributed by atoms with Crippen LogP contribution in [0, 0.1) is 0 Å². The average molecular weight is 257 g/mol. The van der Waals surface area contributed by atoms with Crippen molar-refractivity contribution >= 4 is 32.9 Å². The molecule has 5 heteroatoms. The number of phenolic OH excluding ortho intramolecular Hbond substituents is 1. The van der Waals surface area contributed by atoms with Gasteiger partial charge in [0.1, 0.15) is 10.8 Å². The van der Waals surface area contributed by atoms with E-state index in [1.807, 2.05) is 24.3 Å². The number of aromatic hydroxyl groups is 1. The van der Waals surface area contributed by atoms with Crippen LogP contribution in [0.2, 0.25) is 0 Å². The van der Waals surface area contributed by atoms with Crippen LogP contribution in [0.4, 0.5) is 11.4 Å². The van der Waals surface area contributed by atoms with Crippen LogP contribution in [0.1, 0.15) is 0 Å². The lowest BCUT2D eigenvalue weighted by Gasteiger charge is -2.00. The van der Waals surface area contributed by atoms with E-state index in [4.69, 9.17) is 11.5 Å². The fraction of sp³-hybridized carbons (Fsp3) is 0. The van der Waals surface area contributed by atoms with E-state index in [-0.39, 0.29) is 5.75 Å². The second-order valence-corrected chi connectivity index (χ2v) is 5.05. The minimum atomic E-state index is 0.0753. The van der Waals surface area contributed by atoms with Crippen LogP contribution in [-0.4, -0.2) is 10.1 Å². The van der Waals surface area contributed by atoms with Gasteiger partial charge in [-0.3, -0.25) is 0 Å². The Morgan fingerprint density at radius 1 is 1.06 bits per heavy atom. The molecule has 0 fully saturated rings. The molecular weight excluding hydrogens is 246 g/mol. The van der Waals surface area contributed by atoms with Crippen molar-refractivity contribution in [1.29, 1.82) is 0 Å². The number of nitrogen functional groups attached to an aromatic ring is 2. The van der Waals surface area contributed by atoms with E-state index in [1.165, 1.54) is 0 Å². The molecule has 1 aromatic heterocycles. The maximum atomic E-state index is 9.61. The first-order valence-electron chi connectivity index (χ1n) is 5.38. The SMILES string of the molecule is Nc1ccc2sc(-c3ccc(N)c(O)c3)nc2c1. The van der Waals surface area contributed by atoms with Gasteiger partial charge in [0.2, 0.25) is 0 Å². The summed E-state index contributed by atoms with van der Waals surface area (Å²) in [6.45, 7) is 0. The van der Waals surface area contributed by atoms with Crippen molar-refractivity contribution in [3.63, 3.8) is 0 Å². The van der Waals surface area contributed by atoms with Gasteiger partial charge in [0.25, 0.3) is 0 Å².